The minimum atomic E-state index is -0.759. The molecule has 2 aromatic rings. The number of carboxylic acids is 1. The van der Waals surface area contributed by atoms with E-state index in [2.05, 4.69) is 34.9 Å². The summed E-state index contributed by atoms with van der Waals surface area (Å²) in [5.41, 5.74) is 4.71. The lowest BCUT2D eigenvalue weighted by Gasteiger charge is -2.34. The second-order valence-electron chi connectivity index (χ2n) is 10.2. The molecule has 0 saturated heterocycles. The van der Waals surface area contributed by atoms with Gasteiger partial charge in [-0.25, -0.2) is 4.79 Å². The molecule has 5 rings (SSSR count). The van der Waals surface area contributed by atoms with Crippen LogP contribution in [0.25, 0.3) is 11.1 Å². The summed E-state index contributed by atoms with van der Waals surface area (Å²) in [5.74, 6) is -0.477. The smallest absolute Gasteiger partial charge is 0.407 e. The Balaban J connectivity index is 1.11. The van der Waals surface area contributed by atoms with Gasteiger partial charge in [0.2, 0.25) is 5.91 Å². The highest BCUT2D eigenvalue weighted by molar-refractivity contribution is 5.81. The van der Waals surface area contributed by atoms with Crippen molar-refractivity contribution in [1.82, 2.24) is 10.6 Å². The number of fused-ring (bicyclic) bond motifs is 3. The van der Waals surface area contributed by atoms with Crippen molar-refractivity contribution in [3.63, 3.8) is 0 Å². The Kier molecular flexibility index (Phi) is 6.75. The van der Waals surface area contributed by atoms with Gasteiger partial charge in [-0.15, -0.1) is 0 Å². The second-order valence-corrected chi connectivity index (χ2v) is 10.2. The molecule has 2 atom stereocenters. The van der Waals surface area contributed by atoms with Crippen molar-refractivity contribution in [2.24, 2.45) is 17.8 Å². The minimum Gasteiger partial charge on any atom is -0.481 e. The van der Waals surface area contributed by atoms with Crippen LogP contribution in [-0.2, 0) is 14.3 Å². The molecule has 0 bridgehead atoms. The Labute approximate surface area is 205 Å². The summed E-state index contributed by atoms with van der Waals surface area (Å²) >= 11 is 0. The van der Waals surface area contributed by atoms with E-state index in [0.29, 0.717) is 12.5 Å². The zero-order valence-electron chi connectivity index (χ0n) is 19.7. The van der Waals surface area contributed by atoms with Gasteiger partial charge in [-0.05, 0) is 59.8 Å². The van der Waals surface area contributed by atoms with Crippen molar-refractivity contribution >= 4 is 18.0 Å². The first-order valence-electron chi connectivity index (χ1n) is 12.6. The van der Waals surface area contributed by atoms with Crippen LogP contribution in [0.1, 0.15) is 55.6 Å². The first-order valence-corrected chi connectivity index (χ1v) is 12.6. The molecule has 0 radical (unpaired) electrons. The molecule has 35 heavy (non-hydrogen) atoms. The molecule has 0 aromatic heterocycles. The number of ether oxygens (including phenoxy) is 1. The van der Waals surface area contributed by atoms with E-state index in [1.54, 1.807) is 0 Å². The van der Waals surface area contributed by atoms with E-state index >= 15 is 0 Å². The quantitative estimate of drug-likeness (QED) is 0.527. The lowest BCUT2D eigenvalue weighted by molar-refractivity contribution is -0.139. The predicted octanol–water partition coefficient (Wildman–Crippen LogP) is 4.31. The van der Waals surface area contributed by atoms with E-state index in [9.17, 15) is 14.4 Å². The first-order chi connectivity index (χ1) is 17.0. The molecular formula is C28H32N2O5. The number of aliphatic carboxylic acids is 1. The van der Waals surface area contributed by atoms with Crippen LogP contribution in [0.2, 0.25) is 0 Å². The number of carboxylic acid groups (broad SMARTS) is 1. The molecule has 2 amide bonds. The van der Waals surface area contributed by atoms with E-state index in [1.165, 1.54) is 22.3 Å². The number of carbonyl (C=O) groups excluding carboxylic acids is 2. The summed E-state index contributed by atoms with van der Waals surface area (Å²) in [7, 11) is 0. The molecule has 2 fully saturated rings. The Morgan fingerprint density at radius 2 is 1.57 bits per heavy atom. The number of carbonyl (C=O) groups is 3. The van der Waals surface area contributed by atoms with Crippen molar-refractivity contribution < 1.29 is 24.2 Å². The molecule has 7 heteroatoms. The summed E-state index contributed by atoms with van der Waals surface area (Å²) in [6, 6.07) is 16.2. The molecule has 3 aliphatic rings. The maximum atomic E-state index is 12.8. The maximum Gasteiger partial charge on any atom is 0.407 e. The van der Waals surface area contributed by atoms with Crippen LogP contribution in [0.4, 0.5) is 4.79 Å². The van der Waals surface area contributed by atoms with Crippen LogP contribution in [0.15, 0.2) is 48.5 Å². The average Bonchev–Trinajstić information content (AvgIpc) is 3.41. The van der Waals surface area contributed by atoms with Gasteiger partial charge in [-0.2, -0.15) is 0 Å². The van der Waals surface area contributed by atoms with Crippen LogP contribution >= 0.6 is 0 Å². The monoisotopic (exact) mass is 476 g/mol. The summed E-state index contributed by atoms with van der Waals surface area (Å²) in [6.07, 6.45) is 3.80. The normalized spacial score (nSPS) is 24.7. The van der Waals surface area contributed by atoms with Crippen molar-refractivity contribution in [3.8, 4) is 11.1 Å². The lowest BCUT2D eigenvalue weighted by atomic mass is 9.73. The molecule has 3 N–H and O–H groups in total. The molecule has 2 aromatic carbocycles. The number of hydrogen-bond donors (Lipinski definition) is 3. The molecule has 0 unspecified atom stereocenters. The molecule has 0 spiro atoms. The molecule has 184 valence electrons. The second kappa shape index (κ2) is 10.1. The lowest BCUT2D eigenvalue weighted by Crippen LogP contribution is -2.46. The predicted molar refractivity (Wildman–Crippen MR) is 131 cm³/mol. The fourth-order valence-corrected chi connectivity index (χ4v) is 6.07. The van der Waals surface area contributed by atoms with Gasteiger partial charge in [0, 0.05) is 24.9 Å². The zero-order chi connectivity index (χ0) is 24.4. The third kappa shape index (κ3) is 5.04. The number of nitrogens with one attached hydrogen (secondary N) is 2. The van der Waals surface area contributed by atoms with E-state index < -0.39 is 12.1 Å². The van der Waals surface area contributed by atoms with Crippen LogP contribution in [0.5, 0.6) is 0 Å². The molecule has 7 nitrogen and oxygen atoms in total. The van der Waals surface area contributed by atoms with Crippen LogP contribution in [0.3, 0.4) is 0 Å². The Hall–Kier alpha value is -3.35. The van der Waals surface area contributed by atoms with Gasteiger partial charge in [0.05, 0.1) is 5.92 Å². The largest absolute Gasteiger partial charge is 0.481 e. The summed E-state index contributed by atoms with van der Waals surface area (Å²) in [5, 5.41) is 14.8. The van der Waals surface area contributed by atoms with Crippen molar-refractivity contribution in [2.75, 3.05) is 13.2 Å². The average molecular weight is 477 g/mol. The Bertz CT molecular complexity index is 1060. The molecule has 0 aliphatic heterocycles. The molecule has 2 saturated carbocycles. The van der Waals surface area contributed by atoms with Crippen LogP contribution < -0.4 is 10.6 Å². The van der Waals surface area contributed by atoms with Gasteiger partial charge in [-0.3, -0.25) is 9.59 Å². The topological polar surface area (TPSA) is 105 Å². The van der Waals surface area contributed by atoms with Crippen LogP contribution in [-0.4, -0.2) is 42.3 Å². The molecule has 3 aliphatic carbocycles. The third-order valence-electron chi connectivity index (χ3n) is 7.86. The van der Waals surface area contributed by atoms with Crippen molar-refractivity contribution in [2.45, 2.75) is 50.5 Å². The fraction of sp³-hybridized carbons (Fsp3) is 0.464. The number of benzene rings is 2. The van der Waals surface area contributed by atoms with E-state index in [1.807, 2.05) is 24.3 Å². The van der Waals surface area contributed by atoms with Crippen molar-refractivity contribution in [3.05, 3.63) is 59.7 Å². The highest BCUT2D eigenvalue weighted by Crippen LogP contribution is 2.44. The van der Waals surface area contributed by atoms with Gasteiger partial charge in [-0.1, -0.05) is 55.0 Å². The summed E-state index contributed by atoms with van der Waals surface area (Å²) in [6.45, 7) is 0.825. The highest BCUT2D eigenvalue weighted by atomic mass is 16.5. The van der Waals surface area contributed by atoms with E-state index in [4.69, 9.17) is 9.84 Å². The summed E-state index contributed by atoms with van der Waals surface area (Å²) < 4.78 is 5.67. The number of amides is 2. The molecule has 0 heterocycles. The zero-order valence-corrected chi connectivity index (χ0v) is 19.7. The number of alkyl carbamates (subject to hydrolysis) is 1. The van der Waals surface area contributed by atoms with Crippen molar-refractivity contribution in [1.29, 1.82) is 0 Å². The molecular weight excluding hydrogens is 444 g/mol. The number of rotatable bonds is 8. The van der Waals surface area contributed by atoms with Gasteiger partial charge < -0.3 is 20.5 Å². The van der Waals surface area contributed by atoms with Gasteiger partial charge in [0.1, 0.15) is 6.61 Å². The minimum absolute atomic E-state index is 0.00301. The standard InChI is InChI=1S/C28H32N2O5/c31-26(32)14-17-12-18(13-17)15-29-27(33)23-10-5-11-25(23)30-28(34)35-16-24-21-8-3-1-6-19(21)20-7-2-4-9-22(20)24/h1-4,6-9,17-18,23-25H,5,10-16H2,(H,29,33)(H,30,34)(H,31,32)/t17?,18?,23-,25+/m0/s1. The SMILES string of the molecule is O=C(O)CC1CC(CNC(=O)[C@H]2CCC[C@H]2NC(=O)OCC2c3ccccc3-c3ccccc32)C1. The summed E-state index contributed by atoms with van der Waals surface area (Å²) in [4.78, 5) is 36.3. The Morgan fingerprint density at radius 1 is 0.914 bits per heavy atom. The Morgan fingerprint density at radius 3 is 2.23 bits per heavy atom. The third-order valence-corrected chi connectivity index (χ3v) is 7.86. The van der Waals surface area contributed by atoms with E-state index in [-0.39, 0.29) is 42.7 Å². The van der Waals surface area contributed by atoms with Crippen LogP contribution in [0, 0.1) is 17.8 Å². The van der Waals surface area contributed by atoms with E-state index in [0.717, 1.165) is 32.1 Å². The maximum absolute atomic E-state index is 12.8. The fourth-order valence-electron chi connectivity index (χ4n) is 6.07. The van der Waals surface area contributed by atoms with Gasteiger partial charge in [0.15, 0.2) is 0 Å². The highest BCUT2D eigenvalue weighted by Gasteiger charge is 2.36. The number of hydrogen-bond acceptors (Lipinski definition) is 4. The first kappa shape index (κ1) is 23.4. The van der Waals surface area contributed by atoms with Gasteiger partial charge >= 0.3 is 12.1 Å². The van der Waals surface area contributed by atoms with Gasteiger partial charge in [0.25, 0.3) is 0 Å².